The molecule has 2 heterocycles. The van der Waals surface area contributed by atoms with E-state index in [0.29, 0.717) is 12.3 Å². The number of aromatic nitrogens is 2. The Morgan fingerprint density at radius 1 is 1.35 bits per heavy atom. The molecular weight excluding hydrogens is 314 g/mol. The first-order valence-corrected chi connectivity index (χ1v) is 7.96. The summed E-state index contributed by atoms with van der Waals surface area (Å²) >= 11 is 1.54. The van der Waals surface area contributed by atoms with Crippen molar-refractivity contribution in [3.8, 4) is 11.5 Å². The number of thiazole rings is 1. The molecule has 0 aliphatic rings. The SMILES string of the molecule is COc1ccc(OC)c(CNC(=O)Cc2cn3ccsc3n2)c1. The van der Waals surface area contributed by atoms with Crippen molar-refractivity contribution in [1.82, 2.24) is 14.7 Å². The molecule has 23 heavy (non-hydrogen) atoms. The Balaban J connectivity index is 1.63. The number of rotatable bonds is 6. The van der Waals surface area contributed by atoms with E-state index >= 15 is 0 Å². The van der Waals surface area contributed by atoms with Crippen LogP contribution < -0.4 is 14.8 Å². The number of amides is 1. The van der Waals surface area contributed by atoms with Crippen LogP contribution in [-0.4, -0.2) is 29.5 Å². The summed E-state index contributed by atoms with van der Waals surface area (Å²) in [5.41, 5.74) is 1.62. The highest BCUT2D eigenvalue weighted by Crippen LogP contribution is 2.23. The summed E-state index contributed by atoms with van der Waals surface area (Å²) < 4.78 is 12.4. The number of fused-ring (bicyclic) bond motifs is 1. The van der Waals surface area contributed by atoms with E-state index < -0.39 is 0 Å². The van der Waals surface area contributed by atoms with Crippen molar-refractivity contribution in [2.75, 3.05) is 14.2 Å². The normalized spacial score (nSPS) is 10.7. The van der Waals surface area contributed by atoms with Gasteiger partial charge in [-0.1, -0.05) is 0 Å². The Morgan fingerprint density at radius 2 is 2.22 bits per heavy atom. The van der Waals surface area contributed by atoms with Gasteiger partial charge in [0.1, 0.15) is 11.5 Å². The number of benzene rings is 1. The number of methoxy groups -OCH3 is 2. The van der Waals surface area contributed by atoms with Gasteiger partial charge < -0.3 is 14.8 Å². The van der Waals surface area contributed by atoms with E-state index in [1.54, 1.807) is 25.6 Å². The molecule has 1 N–H and O–H groups in total. The van der Waals surface area contributed by atoms with Gasteiger partial charge in [-0.05, 0) is 18.2 Å². The third kappa shape index (κ3) is 3.45. The van der Waals surface area contributed by atoms with Gasteiger partial charge in [-0.25, -0.2) is 4.98 Å². The van der Waals surface area contributed by atoms with Crippen molar-refractivity contribution in [1.29, 1.82) is 0 Å². The molecule has 0 aliphatic carbocycles. The van der Waals surface area contributed by atoms with Crippen molar-refractivity contribution in [3.63, 3.8) is 0 Å². The molecule has 0 spiro atoms. The number of carbonyl (C=O) groups excluding carboxylic acids is 1. The molecule has 0 radical (unpaired) electrons. The summed E-state index contributed by atoms with van der Waals surface area (Å²) in [5, 5.41) is 4.85. The lowest BCUT2D eigenvalue weighted by molar-refractivity contribution is -0.120. The van der Waals surface area contributed by atoms with Crippen LogP contribution in [0.25, 0.3) is 4.96 Å². The molecule has 3 aromatic rings. The molecule has 0 fully saturated rings. The highest BCUT2D eigenvalue weighted by Gasteiger charge is 2.10. The molecule has 0 saturated heterocycles. The molecule has 3 rings (SSSR count). The Kier molecular flexibility index (Phi) is 4.47. The predicted molar refractivity (Wildman–Crippen MR) is 88.2 cm³/mol. The number of nitrogens with one attached hydrogen (secondary N) is 1. The van der Waals surface area contributed by atoms with Gasteiger partial charge in [-0.2, -0.15) is 0 Å². The summed E-state index contributed by atoms with van der Waals surface area (Å²) in [6.45, 7) is 0.376. The number of carbonyl (C=O) groups is 1. The second-order valence-electron chi connectivity index (χ2n) is 4.96. The lowest BCUT2D eigenvalue weighted by atomic mass is 10.2. The Hall–Kier alpha value is -2.54. The summed E-state index contributed by atoms with van der Waals surface area (Å²) in [4.78, 5) is 17.4. The molecule has 0 atom stereocenters. The fraction of sp³-hybridized carbons (Fsp3) is 0.250. The number of hydrogen-bond acceptors (Lipinski definition) is 5. The van der Waals surface area contributed by atoms with Crippen LogP contribution in [0.5, 0.6) is 11.5 Å². The van der Waals surface area contributed by atoms with E-state index in [1.165, 1.54) is 0 Å². The van der Waals surface area contributed by atoms with Crippen LogP contribution in [0.4, 0.5) is 0 Å². The van der Waals surface area contributed by atoms with Crippen molar-refractivity contribution in [2.24, 2.45) is 0 Å². The van der Waals surface area contributed by atoms with Gasteiger partial charge in [-0.15, -0.1) is 11.3 Å². The van der Waals surface area contributed by atoms with Gasteiger partial charge in [-0.3, -0.25) is 9.20 Å². The molecule has 0 unspecified atom stereocenters. The van der Waals surface area contributed by atoms with Gasteiger partial charge in [0.25, 0.3) is 0 Å². The van der Waals surface area contributed by atoms with E-state index in [2.05, 4.69) is 10.3 Å². The lowest BCUT2D eigenvalue weighted by Crippen LogP contribution is -2.25. The number of imidazole rings is 1. The number of nitrogens with zero attached hydrogens (tertiary/aromatic N) is 2. The maximum absolute atomic E-state index is 12.1. The summed E-state index contributed by atoms with van der Waals surface area (Å²) in [6, 6.07) is 5.50. The van der Waals surface area contributed by atoms with Crippen LogP contribution in [0.3, 0.4) is 0 Å². The minimum Gasteiger partial charge on any atom is -0.497 e. The number of ether oxygens (including phenoxy) is 2. The molecule has 0 bridgehead atoms. The molecular formula is C16H17N3O3S. The minimum atomic E-state index is -0.0828. The highest BCUT2D eigenvalue weighted by atomic mass is 32.1. The van der Waals surface area contributed by atoms with Crippen LogP contribution in [0.1, 0.15) is 11.3 Å². The Labute approximate surface area is 137 Å². The van der Waals surface area contributed by atoms with Gasteiger partial charge in [0.15, 0.2) is 4.96 Å². The molecule has 1 amide bonds. The minimum absolute atomic E-state index is 0.0828. The van der Waals surface area contributed by atoms with Gasteiger partial charge in [0.2, 0.25) is 5.91 Å². The molecule has 1 aromatic carbocycles. The zero-order valence-electron chi connectivity index (χ0n) is 12.9. The third-order valence-corrected chi connectivity index (χ3v) is 4.22. The van der Waals surface area contributed by atoms with Gasteiger partial charge >= 0.3 is 0 Å². The largest absolute Gasteiger partial charge is 0.497 e. The predicted octanol–water partition coefficient (Wildman–Crippen LogP) is 2.27. The fourth-order valence-corrected chi connectivity index (χ4v) is 3.02. The standard InChI is InChI=1S/C16H17N3O3S/c1-21-13-3-4-14(22-2)11(7-13)9-17-15(20)8-12-10-19-5-6-23-16(19)18-12/h3-7,10H,8-9H2,1-2H3,(H,17,20). The average molecular weight is 331 g/mol. The van der Waals surface area contributed by atoms with E-state index in [9.17, 15) is 4.79 Å². The molecule has 6 nitrogen and oxygen atoms in total. The first-order chi connectivity index (χ1) is 11.2. The molecule has 0 aliphatic heterocycles. The van der Waals surface area contributed by atoms with E-state index in [4.69, 9.17) is 9.47 Å². The van der Waals surface area contributed by atoms with E-state index in [1.807, 2.05) is 40.4 Å². The highest BCUT2D eigenvalue weighted by molar-refractivity contribution is 7.15. The van der Waals surface area contributed by atoms with E-state index in [0.717, 1.165) is 22.0 Å². The molecule has 2 aromatic heterocycles. The van der Waals surface area contributed by atoms with Crippen LogP contribution in [0.2, 0.25) is 0 Å². The average Bonchev–Trinajstić information content (AvgIpc) is 3.13. The second kappa shape index (κ2) is 6.70. The summed E-state index contributed by atoms with van der Waals surface area (Å²) in [5.74, 6) is 1.36. The summed E-state index contributed by atoms with van der Waals surface area (Å²) in [6.07, 6.45) is 4.05. The molecule has 120 valence electrons. The first kappa shape index (κ1) is 15.4. The zero-order valence-corrected chi connectivity index (χ0v) is 13.7. The van der Waals surface area contributed by atoms with Crippen molar-refractivity contribution in [3.05, 3.63) is 47.2 Å². The third-order valence-electron chi connectivity index (χ3n) is 3.45. The molecule has 0 saturated carbocycles. The smallest absolute Gasteiger partial charge is 0.226 e. The Morgan fingerprint density at radius 3 is 2.96 bits per heavy atom. The van der Waals surface area contributed by atoms with Gasteiger partial charge in [0.05, 0.1) is 26.3 Å². The number of hydrogen-bond donors (Lipinski definition) is 1. The maximum atomic E-state index is 12.1. The molecule has 7 heteroatoms. The maximum Gasteiger partial charge on any atom is 0.226 e. The quantitative estimate of drug-likeness (QED) is 0.752. The van der Waals surface area contributed by atoms with Crippen molar-refractivity contribution >= 4 is 22.2 Å². The zero-order chi connectivity index (χ0) is 16.2. The van der Waals surface area contributed by atoms with Crippen LogP contribution >= 0.6 is 11.3 Å². The van der Waals surface area contributed by atoms with Crippen molar-refractivity contribution < 1.29 is 14.3 Å². The van der Waals surface area contributed by atoms with Crippen LogP contribution in [0.15, 0.2) is 36.0 Å². The van der Waals surface area contributed by atoms with Crippen LogP contribution in [-0.2, 0) is 17.8 Å². The fourth-order valence-electron chi connectivity index (χ4n) is 2.30. The van der Waals surface area contributed by atoms with Crippen molar-refractivity contribution in [2.45, 2.75) is 13.0 Å². The van der Waals surface area contributed by atoms with Gasteiger partial charge in [0, 0.05) is 29.9 Å². The second-order valence-corrected chi connectivity index (χ2v) is 5.83. The summed E-state index contributed by atoms with van der Waals surface area (Å²) in [7, 11) is 3.21. The topological polar surface area (TPSA) is 64.9 Å². The van der Waals surface area contributed by atoms with Crippen LogP contribution in [0, 0.1) is 0 Å². The van der Waals surface area contributed by atoms with E-state index in [-0.39, 0.29) is 12.3 Å². The first-order valence-electron chi connectivity index (χ1n) is 7.08. The lowest BCUT2D eigenvalue weighted by Gasteiger charge is -2.11. The Bertz CT molecular complexity index is 796. The monoisotopic (exact) mass is 331 g/mol.